The average Bonchev–Trinajstić information content (AvgIpc) is 3.30. The van der Waals surface area contributed by atoms with Gasteiger partial charge < -0.3 is 24.3 Å². The van der Waals surface area contributed by atoms with E-state index >= 15 is 0 Å². The van der Waals surface area contributed by atoms with Gasteiger partial charge in [0.05, 0.1) is 6.61 Å². The lowest BCUT2D eigenvalue weighted by atomic mass is 9.81. The number of fused-ring (bicyclic) bond motifs is 1. The molecule has 0 saturated carbocycles. The van der Waals surface area contributed by atoms with Gasteiger partial charge in [0.1, 0.15) is 11.6 Å². The largest absolute Gasteiger partial charge is 0.492 e. The number of allylic oxidation sites excluding steroid dienone is 1. The van der Waals surface area contributed by atoms with Gasteiger partial charge in [0.25, 0.3) is 0 Å². The average molecular weight is 456 g/mol. The zero-order valence-corrected chi connectivity index (χ0v) is 19.4. The molecular weight excluding hydrogens is 421 g/mol. The fourth-order valence-electron chi connectivity index (χ4n) is 4.53. The maximum atomic E-state index is 13.4. The summed E-state index contributed by atoms with van der Waals surface area (Å²) in [6, 6.07) is 10.8. The molecule has 33 heavy (non-hydrogen) atoms. The summed E-state index contributed by atoms with van der Waals surface area (Å²) in [7, 11) is 1.74. The van der Waals surface area contributed by atoms with Crippen molar-refractivity contribution < 1.29 is 23.3 Å². The van der Waals surface area contributed by atoms with E-state index in [1.807, 2.05) is 24.3 Å². The minimum atomic E-state index is -0.198. The van der Waals surface area contributed by atoms with Crippen LogP contribution in [-0.4, -0.2) is 40.2 Å². The van der Waals surface area contributed by atoms with Gasteiger partial charge >= 0.3 is 0 Å². The van der Waals surface area contributed by atoms with Crippen LogP contribution in [-0.2, 0) is 4.74 Å². The van der Waals surface area contributed by atoms with E-state index in [4.69, 9.17) is 18.9 Å². The van der Waals surface area contributed by atoms with Gasteiger partial charge in [0.2, 0.25) is 6.79 Å². The number of nitrogens with one attached hydrogen (secondary N) is 1. The molecule has 0 aromatic heterocycles. The standard InChI is InChI=1S/C27H34FNO4/c1-30-14-6-4-2-3-5-7-21-15-26-27(33-19-32-26)16-25(21)31-18-22-17-29-13-12-24(22)20-8-10-23(28)11-9-20/h5,7-11,15-16,22,24,29H,2-4,6,12-14,17-19H2,1H3/b7-5+/t22-,24-/m0/s1. The molecule has 0 spiro atoms. The monoisotopic (exact) mass is 455 g/mol. The zero-order chi connectivity index (χ0) is 22.9. The van der Waals surface area contributed by atoms with E-state index in [1.54, 1.807) is 19.2 Å². The quantitative estimate of drug-likeness (QED) is 0.451. The Morgan fingerprint density at radius 3 is 2.73 bits per heavy atom. The van der Waals surface area contributed by atoms with E-state index < -0.39 is 0 Å². The van der Waals surface area contributed by atoms with Crippen molar-refractivity contribution in [1.29, 1.82) is 0 Å². The Hall–Kier alpha value is -2.57. The molecule has 6 heteroatoms. The molecule has 178 valence electrons. The lowest BCUT2D eigenvalue weighted by molar-refractivity contribution is 0.173. The molecule has 1 saturated heterocycles. The van der Waals surface area contributed by atoms with Crippen molar-refractivity contribution in [3.05, 3.63) is 59.4 Å². The number of rotatable bonds is 11. The van der Waals surface area contributed by atoms with Crippen molar-refractivity contribution in [2.24, 2.45) is 5.92 Å². The Morgan fingerprint density at radius 1 is 1.09 bits per heavy atom. The predicted molar refractivity (Wildman–Crippen MR) is 128 cm³/mol. The van der Waals surface area contributed by atoms with E-state index in [-0.39, 0.29) is 12.6 Å². The third-order valence-corrected chi connectivity index (χ3v) is 6.38. The molecule has 5 nitrogen and oxygen atoms in total. The van der Waals surface area contributed by atoms with Crippen molar-refractivity contribution >= 4 is 6.08 Å². The van der Waals surface area contributed by atoms with Gasteiger partial charge in [0, 0.05) is 37.8 Å². The van der Waals surface area contributed by atoms with Crippen LogP contribution in [0.2, 0.25) is 0 Å². The number of unbranched alkanes of at least 4 members (excludes halogenated alkanes) is 3. The smallest absolute Gasteiger partial charge is 0.231 e. The SMILES string of the molecule is COCCCCC/C=C/c1cc2c(cc1OC[C@@H]1CNCC[C@H]1c1ccc(F)cc1)OCO2. The van der Waals surface area contributed by atoms with Gasteiger partial charge in [-0.25, -0.2) is 4.39 Å². The Morgan fingerprint density at radius 2 is 1.91 bits per heavy atom. The summed E-state index contributed by atoms with van der Waals surface area (Å²) < 4.78 is 36.1. The zero-order valence-electron chi connectivity index (χ0n) is 19.4. The normalized spacial score (nSPS) is 19.8. The van der Waals surface area contributed by atoms with Crippen LogP contribution in [0, 0.1) is 11.7 Å². The van der Waals surface area contributed by atoms with Crippen molar-refractivity contribution in [2.45, 2.75) is 38.0 Å². The number of benzene rings is 2. The van der Waals surface area contributed by atoms with Gasteiger partial charge in [-0.05, 0) is 61.9 Å². The molecule has 2 aromatic rings. The summed E-state index contributed by atoms with van der Waals surface area (Å²) >= 11 is 0. The number of hydrogen-bond donors (Lipinski definition) is 1. The highest BCUT2D eigenvalue weighted by Gasteiger charge is 2.27. The first kappa shape index (κ1) is 23.6. The maximum absolute atomic E-state index is 13.4. The van der Waals surface area contributed by atoms with Crippen LogP contribution < -0.4 is 19.5 Å². The Labute approximate surface area is 195 Å². The molecule has 0 bridgehead atoms. The number of ether oxygens (including phenoxy) is 4. The highest BCUT2D eigenvalue weighted by Crippen LogP contribution is 2.39. The minimum absolute atomic E-state index is 0.198. The van der Waals surface area contributed by atoms with Crippen LogP contribution in [0.15, 0.2) is 42.5 Å². The third kappa shape index (κ3) is 6.49. The first-order valence-electron chi connectivity index (χ1n) is 11.9. The lowest BCUT2D eigenvalue weighted by Crippen LogP contribution is -2.38. The van der Waals surface area contributed by atoms with Crippen molar-refractivity contribution in [1.82, 2.24) is 5.32 Å². The van der Waals surface area contributed by atoms with Crippen LogP contribution in [0.4, 0.5) is 4.39 Å². The molecule has 4 rings (SSSR count). The fraction of sp³-hybridized carbons (Fsp3) is 0.481. The molecule has 2 aromatic carbocycles. The van der Waals surface area contributed by atoms with Crippen LogP contribution in [0.25, 0.3) is 6.08 Å². The molecule has 1 fully saturated rings. The summed E-state index contributed by atoms with van der Waals surface area (Å²) in [4.78, 5) is 0. The van der Waals surface area contributed by atoms with E-state index in [9.17, 15) is 4.39 Å². The second-order valence-electron chi connectivity index (χ2n) is 8.71. The third-order valence-electron chi connectivity index (χ3n) is 6.38. The topological polar surface area (TPSA) is 49.0 Å². The molecule has 2 atom stereocenters. The van der Waals surface area contributed by atoms with Crippen LogP contribution in [0.1, 0.15) is 49.1 Å². The first-order valence-corrected chi connectivity index (χ1v) is 11.9. The van der Waals surface area contributed by atoms with E-state index in [2.05, 4.69) is 17.5 Å². The summed E-state index contributed by atoms with van der Waals surface area (Å²) in [5.41, 5.74) is 2.17. The maximum Gasteiger partial charge on any atom is 0.231 e. The molecule has 0 unspecified atom stereocenters. The van der Waals surface area contributed by atoms with Gasteiger partial charge in [-0.1, -0.05) is 30.7 Å². The number of piperidine rings is 1. The highest BCUT2D eigenvalue weighted by atomic mass is 19.1. The summed E-state index contributed by atoms with van der Waals surface area (Å²) in [6.45, 7) is 3.46. The van der Waals surface area contributed by atoms with Gasteiger partial charge in [-0.3, -0.25) is 0 Å². The number of hydrogen-bond acceptors (Lipinski definition) is 5. The molecule has 0 aliphatic carbocycles. The second kappa shape index (κ2) is 12.1. The van der Waals surface area contributed by atoms with Crippen molar-refractivity contribution in [3.8, 4) is 17.2 Å². The number of methoxy groups -OCH3 is 1. The van der Waals surface area contributed by atoms with E-state index in [0.29, 0.717) is 18.4 Å². The highest BCUT2D eigenvalue weighted by molar-refractivity contribution is 5.64. The van der Waals surface area contributed by atoms with Gasteiger partial charge in [0.15, 0.2) is 11.5 Å². The summed E-state index contributed by atoms with van der Waals surface area (Å²) in [5.74, 6) is 2.72. The van der Waals surface area contributed by atoms with Gasteiger partial charge in [-0.2, -0.15) is 0 Å². The van der Waals surface area contributed by atoms with Crippen LogP contribution in [0.3, 0.4) is 0 Å². The molecule has 2 heterocycles. The number of halogens is 1. The Kier molecular flexibility index (Phi) is 8.61. The summed E-state index contributed by atoms with van der Waals surface area (Å²) in [5, 5.41) is 3.48. The Balaban J connectivity index is 1.42. The van der Waals surface area contributed by atoms with E-state index in [1.165, 1.54) is 5.56 Å². The second-order valence-corrected chi connectivity index (χ2v) is 8.71. The molecule has 1 N–H and O–H groups in total. The minimum Gasteiger partial charge on any atom is -0.492 e. The van der Waals surface area contributed by atoms with Crippen molar-refractivity contribution in [2.75, 3.05) is 40.2 Å². The molecule has 2 aliphatic rings. The molecule has 2 aliphatic heterocycles. The van der Waals surface area contributed by atoms with E-state index in [0.717, 1.165) is 74.6 Å². The first-order chi connectivity index (χ1) is 16.2. The summed E-state index contributed by atoms with van der Waals surface area (Å²) in [6.07, 6.45) is 9.71. The van der Waals surface area contributed by atoms with Crippen LogP contribution >= 0.6 is 0 Å². The van der Waals surface area contributed by atoms with Gasteiger partial charge in [-0.15, -0.1) is 0 Å². The lowest BCUT2D eigenvalue weighted by Gasteiger charge is -2.32. The van der Waals surface area contributed by atoms with Crippen LogP contribution in [0.5, 0.6) is 17.2 Å². The Bertz CT molecular complexity index is 915. The molecule has 0 amide bonds. The molecular formula is C27H34FNO4. The van der Waals surface area contributed by atoms with Crippen molar-refractivity contribution in [3.63, 3.8) is 0 Å². The predicted octanol–water partition coefficient (Wildman–Crippen LogP) is 5.55. The fourth-order valence-corrected chi connectivity index (χ4v) is 4.53. The molecule has 0 radical (unpaired) electrons.